The van der Waals surface area contributed by atoms with Crippen molar-refractivity contribution in [3.8, 4) is 0 Å². The van der Waals surface area contributed by atoms with Gasteiger partial charge in [-0.3, -0.25) is 24.0 Å². The van der Waals surface area contributed by atoms with Gasteiger partial charge in [0.25, 0.3) is 0 Å². The van der Waals surface area contributed by atoms with Crippen LogP contribution in [0.2, 0.25) is 0 Å². The van der Waals surface area contributed by atoms with Gasteiger partial charge in [-0.05, 0) is 18.1 Å². The molecule has 0 saturated heterocycles. The van der Waals surface area contributed by atoms with Crippen LogP contribution in [0, 0.1) is 0 Å². The Hall–Kier alpha value is -4.46. The third-order valence-electron chi connectivity index (χ3n) is 5.21. The zero-order valence-corrected chi connectivity index (χ0v) is 19.2. The van der Waals surface area contributed by atoms with E-state index in [0.717, 1.165) is 10.9 Å². The molecule has 2 aromatic rings. The minimum absolute atomic E-state index is 0.0193. The minimum atomic E-state index is -1.72. The summed E-state index contributed by atoms with van der Waals surface area (Å²) in [4.78, 5) is 73.6. The lowest BCUT2D eigenvalue weighted by molar-refractivity contribution is -0.147. The average molecular weight is 505 g/mol. The summed E-state index contributed by atoms with van der Waals surface area (Å²) in [6, 6.07) is 3.07. The fourth-order valence-corrected chi connectivity index (χ4v) is 3.35. The van der Waals surface area contributed by atoms with Crippen molar-refractivity contribution in [2.24, 2.45) is 11.5 Å². The van der Waals surface area contributed by atoms with Crippen molar-refractivity contribution in [3.05, 3.63) is 36.0 Å². The topological polar surface area (TPSA) is 247 Å². The Balaban J connectivity index is 2.13. The van der Waals surface area contributed by atoms with E-state index in [1.807, 2.05) is 0 Å². The van der Waals surface area contributed by atoms with E-state index < -0.39 is 66.7 Å². The first-order valence-electron chi connectivity index (χ1n) is 10.9. The van der Waals surface area contributed by atoms with Gasteiger partial charge in [-0.25, -0.2) is 4.79 Å². The van der Waals surface area contributed by atoms with Crippen LogP contribution in [0.25, 0.3) is 10.9 Å². The second-order valence-electron chi connectivity index (χ2n) is 8.01. The van der Waals surface area contributed by atoms with Gasteiger partial charge in [0.05, 0.1) is 19.0 Å². The lowest BCUT2D eigenvalue weighted by Crippen LogP contribution is -2.54. The SMILES string of the molecule is NC(=O)CCC(N)C(=O)NCC(=O)NC(Cc1c[nH]c2ccccc12)C(=O)NC(CC(=O)O)C(=O)O. The fourth-order valence-electron chi connectivity index (χ4n) is 3.35. The van der Waals surface area contributed by atoms with Crippen LogP contribution in [0.5, 0.6) is 0 Å². The number of hydrogen-bond donors (Lipinski definition) is 8. The average Bonchev–Trinajstić information content (AvgIpc) is 3.22. The molecule has 1 heterocycles. The van der Waals surface area contributed by atoms with E-state index in [-0.39, 0.29) is 19.3 Å². The number of hydrogen-bond acceptors (Lipinski definition) is 7. The molecule has 0 spiro atoms. The van der Waals surface area contributed by atoms with Crippen molar-refractivity contribution < 1.29 is 39.0 Å². The number of rotatable bonds is 14. The van der Waals surface area contributed by atoms with Gasteiger partial charge in [0.1, 0.15) is 12.1 Å². The number of fused-ring (bicyclic) bond motifs is 1. The van der Waals surface area contributed by atoms with Gasteiger partial charge in [0.2, 0.25) is 23.6 Å². The number of carbonyl (C=O) groups excluding carboxylic acids is 4. The molecule has 3 atom stereocenters. The summed E-state index contributed by atoms with van der Waals surface area (Å²) in [5.41, 5.74) is 12.1. The summed E-state index contributed by atoms with van der Waals surface area (Å²) in [7, 11) is 0. The van der Waals surface area contributed by atoms with Crippen LogP contribution in [0.15, 0.2) is 30.5 Å². The van der Waals surface area contributed by atoms with Crippen LogP contribution in [0.4, 0.5) is 0 Å². The Morgan fingerprint density at radius 2 is 1.67 bits per heavy atom. The third-order valence-corrected chi connectivity index (χ3v) is 5.21. The van der Waals surface area contributed by atoms with Crippen LogP contribution >= 0.6 is 0 Å². The molecule has 0 bridgehead atoms. The molecule has 2 rings (SSSR count). The van der Waals surface area contributed by atoms with Gasteiger partial charge in [-0.2, -0.15) is 0 Å². The van der Waals surface area contributed by atoms with E-state index in [2.05, 4.69) is 20.9 Å². The zero-order chi connectivity index (χ0) is 26.8. The molecule has 36 heavy (non-hydrogen) atoms. The number of amides is 4. The predicted octanol–water partition coefficient (Wildman–Crippen LogP) is -2.05. The molecule has 1 aromatic carbocycles. The molecular formula is C22H28N6O8. The summed E-state index contributed by atoms with van der Waals surface area (Å²) < 4.78 is 0. The molecule has 0 radical (unpaired) electrons. The van der Waals surface area contributed by atoms with Crippen molar-refractivity contribution >= 4 is 46.5 Å². The minimum Gasteiger partial charge on any atom is -0.481 e. The van der Waals surface area contributed by atoms with Gasteiger partial charge >= 0.3 is 11.9 Å². The smallest absolute Gasteiger partial charge is 0.326 e. The summed E-state index contributed by atoms with van der Waals surface area (Å²) in [5.74, 6) is -6.04. The number of H-pyrrole nitrogens is 1. The lowest BCUT2D eigenvalue weighted by atomic mass is 10.0. The van der Waals surface area contributed by atoms with Crippen molar-refractivity contribution in [2.75, 3.05) is 6.54 Å². The van der Waals surface area contributed by atoms with E-state index >= 15 is 0 Å². The first kappa shape index (κ1) is 27.8. The highest BCUT2D eigenvalue weighted by molar-refractivity contribution is 5.94. The quantitative estimate of drug-likeness (QED) is 0.141. The highest BCUT2D eigenvalue weighted by atomic mass is 16.4. The van der Waals surface area contributed by atoms with Crippen LogP contribution in [-0.2, 0) is 35.2 Å². The number of aromatic amines is 1. The number of aliphatic carboxylic acids is 2. The third kappa shape index (κ3) is 8.39. The molecule has 194 valence electrons. The number of para-hydroxylation sites is 1. The van der Waals surface area contributed by atoms with Crippen molar-refractivity contribution in [1.82, 2.24) is 20.9 Å². The van der Waals surface area contributed by atoms with Crippen molar-refractivity contribution in [1.29, 1.82) is 0 Å². The van der Waals surface area contributed by atoms with Gasteiger partial charge in [0, 0.05) is 29.9 Å². The number of carboxylic acid groups (broad SMARTS) is 2. The molecule has 14 heteroatoms. The zero-order valence-electron chi connectivity index (χ0n) is 19.2. The highest BCUT2D eigenvalue weighted by Gasteiger charge is 2.29. The molecule has 0 saturated carbocycles. The van der Waals surface area contributed by atoms with Crippen molar-refractivity contribution in [2.45, 2.75) is 43.8 Å². The largest absolute Gasteiger partial charge is 0.481 e. The summed E-state index contributed by atoms with van der Waals surface area (Å²) in [6.45, 7) is -0.557. The predicted molar refractivity (Wildman–Crippen MR) is 125 cm³/mol. The Bertz CT molecular complexity index is 1150. The van der Waals surface area contributed by atoms with E-state index in [1.54, 1.807) is 30.5 Å². The number of nitrogens with one attached hydrogen (secondary N) is 4. The lowest BCUT2D eigenvalue weighted by Gasteiger charge is -2.21. The molecule has 10 N–H and O–H groups in total. The molecule has 0 aliphatic heterocycles. The van der Waals surface area contributed by atoms with E-state index in [1.165, 1.54) is 0 Å². The maximum atomic E-state index is 12.9. The van der Waals surface area contributed by atoms with Crippen LogP contribution < -0.4 is 27.4 Å². The molecule has 0 aliphatic carbocycles. The van der Waals surface area contributed by atoms with Crippen LogP contribution in [0.1, 0.15) is 24.8 Å². The molecule has 0 fully saturated rings. The van der Waals surface area contributed by atoms with E-state index in [9.17, 15) is 33.9 Å². The van der Waals surface area contributed by atoms with Crippen LogP contribution in [0.3, 0.4) is 0 Å². The normalized spacial score (nSPS) is 13.2. The number of nitrogens with two attached hydrogens (primary N) is 2. The maximum Gasteiger partial charge on any atom is 0.326 e. The second kappa shape index (κ2) is 12.9. The van der Waals surface area contributed by atoms with Crippen LogP contribution in [-0.4, -0.2) is 75.4 Å². The first-order chi connectivity index (χ1) is 17.0. The molecule has 3 unspecified atom stereocenters. The second-order valence-corrected chi connectivity index (χ2v) is 8.01. The maximum absolute atomic E-state index is 12.9. The monoisotopic (exact) mass is 504 g/mol. The van der Waals surface area contributed by atoms with Gasteiger partial charge in [0.15, 0.2) is 0 Å². The Morgan fingerprint density at radius 1 is 0.972 bits per heavy atom. The number of aromatic nitrogens is 1. The van der Waals surface area contributed by atoms with Crippen molar-refractivity contribution in [3.63, 3.8) is 0 Å². The molecule has 0 aliphatic rings. The number of primary amides is 1. The Kier molecular flexibility index (Phi) is 9.92. The van der Waals surface area contributed by atoms with Gasteiger partial charge < -0.3 is 42.6 Å². The first-order valence-corrected chi connectivity index (χ1v) is 10.9. The summed E-state index contributed by atoms with van der Waals surface area (Å²) in [6.07, 6.45) is 0.562. The Labute approximate surface area is 204 Å². The highest BCUT2D eigenvalue weighted by Crippen LogP contribution is 2.19. The summed E-state index contributed by atoms with van der Waals surface area (Å²) >= 11 is 0. The standard InChI is InChI=1S/C22H28N6O8/c23-13(5-6-17(24)29)20(33)26-10-18(30)27-15(21(34)28-16(22(35)36)8-19(31)32)7-11-9-25-14-4-2-1-3-12(11)14/h1-4,9,13,15-16,25H,5-8,10,23H2,(H2,24,29)(H,26,33)(H,27,30)(H,28,34)(H,31,32)(H,35,36). The Morgan fingerprint density at radius 3 is 2.31 bits per heavy atom. The number of carbonyl (C=O) groups is 6. The van der Waals surface area contributed by atoms with Gasteiger partial charge in [-0.15, -0.1) is 0 Å². The number of carboxylic acids is 2. The van der Waals surface area contributed by atoms with E-state index in [0.29, 0.717) is 5.56 Å². The molecule has 4 amide bonds. The van der Waals surface area contributed by atoms with Gasteiger partial charge in [-0.1, -0.05) is 18.2 Å². The van der Waals surface area contributed by atoms with E-state index in [4.69, 9.17) is 16.6 Å². The molecule has 1 aromatic heterocycles. The fraction of sp³-hybridized carbons (Fsp3) is 0.364. The molecule has 14 nitrogen and oxygen atoms in total. The molecular weight excluding hydrogens is 476 g/mol. The number of benzene rings is 1. The summed E-state index contributed by atoms with van der Waals surface area (Å²) in [5, 5.41) is 25.8.